The first kappa shape index (κ1) is 17.2. The molecule has 2 aliphatic rings. The molecule has 2 saturated heterocycles. The molecule has 0 aromatic rings. The number of nitrogens with one attached hydrogen (secondary N) is 1. The number of carbonyl (C=O) groups excluding carboxylic acids is 2. The van der Waals surface area contributed by atoms with Crippen molar-refractivity contribution in [2.75, 3.05) is 13.7 Å². The minimum atomic E-state index is -1.00. The molecule has 10 nitrogen and oxygen atoms in total. The molecule has 22 heavy (non-hydrogen) atoms. The van der Waals surface area contributed by atoms with Gasteiger partial charge in [-0.05, 0) is 12.5 Å². The molecule has 3 unspecified atom stereocenters. The van der Waals surface area contributed by atoms with E-state index >= 15 is 0 Å². The average Bonchev–Trinajstić information content (AvgIpc) is 2.85. The number of nitrogens with zero attached hydrogens (tertiary/aromatic N) is 4. The Bertz CT molecular complexity index is 523. The van der Waals surface area contributed by atoms with Crippen LogP contribution in [0.4, 0.5) is 4.79 Å². The van der Waals surface area contributed by atoms with Crippen molar-refractivity contribution in [3.63, 3.8) is 0 Å². The van der Waals surface area contributed by atoms with Gasteiger partial charge in [-0.25, -0.2) is 4.79 Å². The fourth-order valence-electron chi connectivity index (χ4n) is 2.62. The van der Waals surface area contributed by atoms with E-state index in [1.165, 1.54) is 12.0 Å². The van der Waals surface area contributed by atoms with Crippen LogP contribution in [-0.4, -0.2) is 63.7 Å². The summed E-state index contributed by atoms with van der Waals surface area (Å²) < 4.78 is 9.92. The number of hydrogen-bond acceptors (Lipinski definition) is 6. The Morgan fingerprint density at radius 3 is 2.91 bits per heavy atom. The lowest BCUT2D eigenvalue weighted by Gasteiger charge is -2.44. The topological polar surface area (TPSA) is 137 Å². The Morgan fingerprint density at radius 2 is 2.36 bits per heavy atom. The van der Waals surface area contributed by atoms with Crippen LogP contribution in [0.1, 0.15) is 13.3 Å². The van der Waals surface area contributed by atoms with Crippen LogP contribution in [0, 0.1) is 0 Å². The van der Waals surface area contributed by atoms with Crippen LogP contribution < -0.4 is 5.32 Å². The van der Waals surface area contributed by atoms with Crippen molar-refractivity contribution in [3.8, 4) is 0 Å². The third-order valence-electron chi connectivity index (χ3n) is 3.73. The molecule has 122 valence electrons. The maximum atomic E-state index is 12.2. The Morgan fingerprint density at radius 1 is 1.68 bits per heavy atom. The Hall–Kier alpha value is -1.14. The second-order valence-corrected chi connectivity index (χ2v) is 7.39. The van der Waals surface area contributed by atoms with Crippen LogP contribution >= 0.6 is 22.6 Å². The van der Waals surface area contributed by atoms with E-state index < -0.39 is 40.0 Å². The number of urea groups is 1. The van der Waals surface area contributed by atoms with Crippen LogP contribution in [0.2, 0.25) is 0 Å². The van der Waals surface area contributed by atoms with Gasteiger partial charge in [0, 0.05) is 18.4 Å². The highest BCUT2D eigenvalue weighted by Gasteiger charge is 2.54. The molecule has 3 amide bonds. The zero-order valence-electron chi connectivity index (χ0n) is 12.0. The van der Waals surface area contributed by atoms with Crippen LogP contribution in [-0.2, 0) is 14.3 Å². The van der Waals surface area contributed by atoms with Gasteiger partial charge in [0.15, 0.2) is 6.23 Å². The number of carbonyl (C=O) groups is 2. The van der Waals surface area contributed by atoms with E-state index in [2.05, 4.69) is 15.3 Å². The van der Waals surface area contributed by atoms with E-state index in [4.69, 9.17) is 15.0 Å². The average molecular weight is 425 g/mol. The first-order valence-corrected chi connectivity index (χ1v) is 7.60. The van der Waals surface area contributed by atoms with Gasteiger partial charge in [0.2, 0.25) is 5.91 Å². The van der Waals surface area contributed by atoms with Gasteiger partial charge in [-0.3, -0.25) is 15.0 Å². The van der Waals surface area contributed by atoms with Gasteiger partial charge in [-0.2, -0.15) is 0 Å². The predicted molar refractivity (Wildman–Crippen MR) is 81.9 cm³/mol. The zero-order chi connectivity index (χ0) is 16.5. The maximum Gasteiger partial charge on any atom is 0.328 e. The molecule has 0 bridgehead atoms. The van der Waals surface area contributed by atoms with Crippen molar-refractivity contribution < 1.29 is 24.2 Å². The highest BCUT2D eigenvalue weighted by molar-refractivity contribution is 14.1. The molecule has 11 heteroatoms. The third-order valence-corrected chi connectivity index (χ3v) is 4.76. The number of hydrogen-bond donors (Lipinski definition) is 2. The first-order chi connectivity index (χ1) is 10.4. The molecule has 0 aromatic heterocycles. The Kier molecular flexibility index (Phi) is 5.12. The van der Waals surface area contributed by atoms with Crippen LogP contribution in [0.5, 0.6) is 0 Å². The summed E-state index contributed by atoms with van der Waals surface area (Å²) in [6.07, 6.45) is -2.10. The summed E-state index contributed by atoms with van der Waals surface area (Å²) in [6, 6.07) is -1.24. The smallest absolute Gasteiger partial charge is 0.328 e. The lowest BCUT2D eigenvalue weighted by atomic mass is 10.0. The number of azide groups is 1. The fraction of sp³-hybridized carbons (Fsp3) is 0.818. The number of methoxy groups -OCH3 is 1. The lowest BCUT2D eigenvalue weighted by molar-refractivity contribution is -0.151. The molecule has 0 aliphatic carbocycles. The fourth-order valence-corrected chi connectivity index (χ4v) is 3.31. The van der Waals surface area contributed by atoms with Crippen molar-refractivity contribution >= 4 is 34.5 Å². The van der Waals surface area contributed by atoms with Crippen molar-refractivity contribution in [1.29, 1.82) is 0 Å². The SMILES string of the molecule is CO[C@H]1N(C2CC(N=[N+]=[N-])C(CO)O2)C(=O)NC(=O)[C@]1(C)I. The maximum absolute atomic E-state index is 12.2. The summed E-state index contributed by atoms with van der Waals surface area (Å²) in [6.45, 7) is 1.30. The number of alkyl halides is 1. The molecule has 2 rings (SSSR count). The molecular formula is C11H16IN5O5. The van der Waals surface area contributed by atoms with Gasteiger partial charge in [0.1, 0.15) is 9.65 Å². The van der Waals surface area contributed by atoms with Gasteiger partial charge < -0.3 is 14.6 Å². The number of imide groups is 1. The van der Waals surface area contributed by atoms with E-state index in [9.17, 15) is 14.7 Å². The highest BCUT2D eigenvalue weighted by atomic mass is 127. The summed E-state index contributed by atoms with van der Waals surface area (Å²) in [5.74, 6) is -0.454. The van der Waals surface area contributed by atoms with Crippen LogP contribution in [0.3, 0.4) is 0 Å². The van der Waals surface area contributed by atoms with Crippen molar-refractivity contribution in [2.45, 2.75) is 41.4 Å². The largest absolute Gasteiger partial charge is 0.394 e. The molecule has 0 aromatic carbocycles. The quantitative estimate of drug-likeness (QED) is 0.222. The first-order valence-electron chi connectivity index (χ1n) is 6.52. The van der Waals surface area contributed by atoms with Gasteiger partial charge in [0.05, 0.1) is 18.8 Å². The standard InChI is InChI=1S/C11H16IN5O5/c1-11(12)8(19)14-10(20)17(9(11)21-2)7-3-5(15-16-13)6(4-18)22-7/h5-7,9,18H,3-4H2,1-2H3,(H,14,19,20)/t5?,6?,7?,9-,11+/m1/s1. The number of halogens is 1. The van der Waals surface area contributed by atoms with E-state index in [0.29, 0.717) is 0 Å². The van der Waals surface area contributed by atoms with Crippen LogP contribution in [0.25, 0.3) is 10.4 Å². The number of ether oxygens (including phenoxy) is 2. The summed E-state index contributed by atoms with van der Waals surface area (Å²) in [5, 5.41) is 15.1. The summed E-state index contributed by atoms with van der Waals surface area (Å²) >= 11 is 1.91. The Labute approximate surface area is 139 Å². The van der Waals surface area contributed by atoms with Gasteiger partial charge in [0.25, 0.3) is 0 Å². The molecular weight excluding hydrogens is 409 g/mol. The molecule has 0 saturated carbocycles. The number of aliphatic hydroxyl groups excluding tert-OH is 1. The van der Waals surface area contributed by atoms with E-state index in [1.807, 2.05) is 22.6 Å². The highest BCUT2D eigenvalue weighted by Crippen LogP contribution is 2.36. The minimum Gasteiger partial charge on any atom is -0.394 e. The van der Waals surface area contributed by atoms with E-state index in [0.717, 1.165) is 0 Å². The second kappa shape index (κ2) is 6.54. The van der Waals surface area contributed by atoms with E-state index in [-0.39, 0.29) is 13.0 Å². The van der Waals surface area contributed by atoms with Gasteiger partial charge in [-0.15, -0.1) is 0 Å². The molecule has 2 aliphatic heterocycles. The molecule has 5 atom stereocenters. The predicted octanol–water partition coefficient (Wildman–Crippen LogP) is 0.491. The van der Waals surface area contributed by atoms with Crippen LogP contribution in [0.15, 0.2) is 5.11 Å². The zero-order valence-corrected chi connectivity index (χ0v) is 14.1. The summed E-state index contributed by atoms with van der Waals surface area (Å²) in [5.41, 5.74) is 8.56. The van der Waals surface area contributed by atoms with Crippen molar-refractivity contribution in [3.05, 3.63) is 10.4 Å². The number of aliphatic hydroxyl groups is 1. The summed E-state index contributed by atoms with van der Waals surface area (Å²) in [4.78, 5) is 28.1. The number of amides is 3. The molecule has 0 radical (unpaired) electrons. The minimum absolute atomic E-state index is 0.212. The second-order valence-electron chi connectivity index (χ2n) is 5.15. The number of rotatable bonds is 4. The van der Waals surface area contributed by atoms with Gasteiger partial charge in [-0.1, -0.05) is 27.7 Å². The van der Waals surface area contributed by atoms with E-state index in [1.54, 1.807) is 6.92 Å². The summed E-state index contributed by atoms with van der Waals surface area (Å²) in [7, 11) is 1.39. The van der Waals surface area contributed by atoms with Crippen molar-refractivity contribution in [2.24, 2.45) is 5.11 Å². The molecule has 2 N–H and O–H groups in total. The Balaban J connectivity index is 2.28. The molecule has 0 spiro atoms. The lowest BCUT2D eigenvalue weighted by Crippen LogP contribution is -2.69. The third kappa shape index (κ3) is 2.86. The van der Waals surface area contributed by atoms with Gasteiger partial charge >= 0.3 is 6.03 Å². The molecule has 2 heterocycles. The normalized spacial score (nSPS) is 38.6. The monoisotopic (exact) mass is 425 g/mol. The van der Waals surface area contributed by atoms with Crippen molar-refractivity contribution in [1.82, 2.24) is 10.2 Å². The molecule has 2 fully saturated rings.